The van der Waals surface area contributed by atoms with Gasteiger partial charge in [-0.2, -0.15) is 5.10 Å². The van der Waals surface area contributed by atoms with Gasteiger partial charge in [0.25, 0.3) is 5.91 Å². The molecule has 0 spiro atoms. The molecule has 1 fully saturated rings. The van der Waals surface area contributed by atoms with Crippen LogP contribution in [-0.4, -0.2) is 40.9 Å². The van der Waals surface area contributed by atoms with E-state index in [1.807, 2.05) is 0 Å². The number of hydrogen-bond donors (Lipinski definition) is 3. The van der Waals surface area contributed by atoms with E-state index in [0.29, 0.717) is 5.56 Å². The first kappa shape index (κ1) is 22.8. The second-order valence-corrected chi connectivity index (χ2v) is 9.75. The summed E-state index contributed by atoms with van der Waals surface area (Å²) in [6.45, 7) is 0. The minimum absolute atomic E-state index is 0.00854. The number of carbonyl (C=O) groups excluding carboxylic acids is 1. The van der Waals surface area contributed by atoms with Crippen molar-refractivity contribution in [3.8, 4) is 0 Å². The molecule has 1 amide bonds. The molecule has 10 heteroatoms. The molecule has 168 valence electrons. The van der Waals surface area contributed by atoms with E-state index in [9.17, 15) is 23.1 Å². The largest absolute Gasteiger partial charge is 0.481 e. The lowest BCUT2D eigenvalue weighted by atomic mass is 9.91. The molecule has 0 radical (unpaired) electrons. The minimum atomic E-state index is -3.65. The summed E-state index contributed by atoms with van der Waals surface area (Å²) >= 11 is 0. The molecule has 1 heterocycles. The Balaban J connectivity index is 1.76. The predicted molar refractivity (Wildman–Crippen MR) is 116 cm³/mol. The number of carboxylic acids is 1. The zero-order chi connectivity index (χ0) is 22.4. The lowest BCUT2D eigenvalue weighted by molar-refractivity contribution is -0.137. The van der Waals surface area contributed by atoms with E-state index in [-0.39, 0.29) is 29.5 Å². The average molecular weight is 449 g/mol. The molecule has 2 aromatic rings. The summed E-state index contributed by atoms with van der Waals surface area (Å²) in [6, 6.07) is 7.96. The molecule has 1 aliphatic rings. The standard InChI is InChI=1S/C21H28N4O5S/c1-25-13-18(24-31(29,30)14-15-8-4-2-5-9-15)20(23-25)21(28)22-17(12-19(26)27)16-10-6-3-7-11-16/h3,6-7,10-11,13,15,17,24H,2,4-5,8-9,12,14H2,1H3,(H,22,28)(H,26,27)/t17-/m0/s1. The van der Waals surface area contributed by atoms with Gasteiger partial charge in [-0.05, 0) is 24.3 Å². The second-order valence-electron chi connectivity index (χ2n) is 7.99. The van der Waals surface area contributed by atoms with Crippen LogP contribution in [0.15, 0.2) is 36.5 Å². The SMILES string of the molecule is Cn1cc(NS(=O)(=O)CC2CCCCC2)c(C(=O)N[C@@H](CC(=O)O)c2ccccc2)n1. The van der Waals surface area contributed by atoms with Crippen LogP contribution in [0.2, 0.25) is 0 Å². The van der Waals surface area contributed by atoms with Crippen molar-refractivity contribution < 1.29 is 23.1 Å². The molecule has 1 aromatic carbocycles. The Morgan fingerprint density at radius 2 is 1.87 bits per heavy atom. The van der Waals surface area contributed by atoms with E-state index in [1.54, 1.807) is 37.4 Å². The summed E-state index contributed by atoms with van der Waals surface area (Å²) in [4.78, 5) is 24.2. The summed E-state index contributed by atoms with van der Waals surface area (Å²) in [5.41, 5.74) is 0.618. The van der Waals surface area contributed by atoms with Crippen molar-refractivity contribution >= 4 is 27.6 Å². The smallest absolute Gasteiger partial charge is 0.305 e. The van der Waals surface area contributed by atoms with Crippen molar-refractivity contribution in [3.05, 3.63) is 47.8 Å². The first-order valence-electron chi connectivity index (χ1n) is 10.4. The molecule has 0 saturated heterocycles. The van der Waals surface area contributed by atoms with Crippen LogP contribution in [0.25, 0.3) is 0 Å². The number of sulfonamides is 1. The summed E-state index contributed by atoms with van der Waals surface area (Å²) < 4.78 is 29.2. The van der Waals surface area contributed by atoms with Crippen LogP contribution in [0, 0.1) is 5.92 Å². The summed E-state index contributed by atoms with van der Waals surface area (Å²) in [7, 11) is -2.07. The zero-order valence-corrected chi connectivity index (χ0v) is 18.3. The highest BCUT2D eigenvalue weighted by Crippen LogP contribution is 2.26. The molecule has 0 aliphatic heterocycles. The van der Waals surface area contributed by atoms with Gasteiger partial charge in [-0.3, -0.25) is 19.0 Å². The lowest BCUT2D eigenvalue weighted by Gasteiger charge is -2.21. The first-order valence-corrected chi connectivity index (χ1v) is 12.0. The van der Waals surface area contributed by atoms with Gasteiger partial charge in [-0.1, -0.05) is 49.6 Å². The third kappa shape index (κ3) is 6.55. The van der Waals surface area contributed by atoms with Gasteiger partial charge >= 0.3 is 5.97 Å². The molecule has 0 unspecified atom stereocenters. The van der Waals surface area contributed by atoms with Gasteiger partial charge in [0.1, 0.15) is 0 Å². The van der Waals surface area contributed by atoms with Gasteiger partial charge in [-0.15, -0.1) is 0 Å². The van der Waals surface area contributed by atoms with Crippen LogP contribution >= 0.6 is 0 Å². The Bertz CT molecular complexity index is 1010. The van der Waals surface area contributed by atoms with E-state index in [0.717, 1.165) is 32.1 Å². The highest BCUT2D eigenvalue weighted by atomic mass is 32.2. The summed E-state index contributed by atoms with van der Waals surface area (Å²) in [5, 5.41) is 16.0. The number of nitrogens with zero attached hydrogens (tertiary/aromatic N) is 2. The molecule has 9 nitrogen and oxygen atoms in total. The monoisotopic (exact) mass is 448 g/mol. The first-order chi connectivity index (χ1) is 14.7. The third-order valence-corrected chi connectivity index (χ3v) is 6.82. The van der Waals surface area contributed by atoms with Crippen molar-refractivity contribution in [2.45, 2.75) is 44.6 Å². The Morgan fingerprint density at radius 3 is 2.52 bits per heavy atom. The summed E-state index contributed by atoms with van der Waals surface area (Å²) in [5.74, 6) is -1.60. The van der Waals surface area contributed by atoms with Crippen molar-refractivity contribution in [3.63, 3.8) is 0 Å². The van der Waals surface area contributed by atoms with E-state index < -0.39 is 27.9 Å². The molecule has 31 heavy (non-hydrogen) atoms. The maximum absolute atomic E-state index is 12.9. The summed E-state index contributed by atoms with van der Waals surface area (Å²) in [6.07, 6.45) is 6.09. The molecule has 1 saturated carbocycles. The number of hydrogen-bond acceptors (Lipinski definition) is 5. The number of carbonyl (C=O) groups is 2. The van der Waals surface area contributed by atoms with Gasteiger partial charge in [0.05, 0.1) is 23.9 Å². The number of carboxylic acid groups (broad SMARTS) is 1. The number of nitrogens with one attached hydrogen (secondary N) is 2. The normalized spacial score (nSPS) is 15.9. The van der Waals surface area contributed by atoms with Crippen LogP contribution in [-0.2, 0) is 21.9 Å². The fourth-order valence-corrected chi connectivity index (χ4v) is 5.46. The topological polar surface area (TPSA) is 130 Å². The number of aryl methyl sites for hydroxylation is 1. The Morgan fingerprint density at radius 1 is 1.19 bits per heavy atom. The second kappa shape index (κ2) is 9.95. The zero-order valence-electron chi connectivity index (χ0n) is 17.5. The van der Waals surface area contributed by atoms with Gasteiger partial charge in [0.2, 0.25) is 10.0 Å². The van der Waals surface area contributed by atoms with Gasteiger partial charge in [0.15, 0.2) is 5.69 Å². The van der Waals surface area contributed by atoms with Crippen LogP contribution < -0.4 is 10.0 Å². The molecule has 1 aliphatic carbocycles. The van der Waals surface area contributed by atoms with E-state index in [4.69, 9.17) is 0 Å². The number of aliphatic carboxylic acids is 1. The van der Waals surface area contributed by atoms with Crippen molar-refractivity contribution in [2.24, 2.45) is 13.0 Å². The molecule has 0 bridgehead atoms. The third-order valence-electron chi connectivity index (χ3n) is 5.38. The van der Waals surface area contributed by atoms with Crippen molar-refractivity contribution in [2.75, 3.05) is 10.5 Å². The quantitative estimate of drug-likeness (QED) is 0.541. The fourth-order valence-electron chi connectivity index (χ4n) is 3.94. The highest BCUT2D eigenvalue weighted by Gasteiger charge is 2.26. The number of rotatable bonds is 9. The Hall–Kier alpha value is -2.88. The van der Waals surface area contributed by atoms with Crippen LogP contribution in [0.4, 0.5) is 5.69 Å². The van der Waals surface area contributed by atoms with Crippen LogP contribution in [0.5, 0.6) is 0 Å². The average Bonchev–Trinajstić information content (AvgIpc) is 3.07. The van der Waals surface area contributed by atoms with E-state index >= 15 is 0 Å². The van der Waals surface area contributed by atoms with Crippen LogP contribution in [0.1, 0.15) is 60.6 Å². The maximum Gasteiger partial charge on any atom is 0.305 e. The van der Waals surface area contributed by atoms with E-state index in [1.165, 1.54) is 10.9 Å². The Labute approximate surface area is 181 Å². The number of anilines is 1. The highest BCUT2D eigenvalue weighted by molar-refractivity contribution is 7.92. The number of aromatic nitrogens is 2. The molecule has 3 rings (SSSR count). The molecular formula is C21H28N4O5S. The van der Waals surface area contributed by atoms with Crippen LogP contribution in [0.3, 0.4) is 0 Å². The fraction of sp³-hybridized carbons (Fsp3) is 0.476. The van der Waals surface area contributed by atoms with Gasteiger partial charge in [0, 0.05) is 13.2 Å². The molecule has 1 atom stereocenters. The van der Waals surface area contributed by atoms with Gasteiger partial charge in [-0.25, -0.2) is 8.42 Å². The molecule has 1 aromatic heterocycles. The number of amides is 1. The Kier molecular flexibility index (Phi) is 7.32. The molecular weight excluding hydrogens is 420 g/mol. The van der Waals surface area contributed by atoms with Crippen molar-refractivity contribution in [1.82, 2.24) is 15.1 Å². The molecule has 3 N–H and O–H groups in total. The number of benzene rings is 1. The minimum Gasteiger partial charge on any atom is -0.481 e. The van der Waals surface area contributed by atoms with Gasteiger partial charge < -0.3 is 10.4 Å². The predicted octanol–water partition coefficient (Wildman–Crippen LogP) is 2.69. The van der Waals surface area contributed by atoms with E-state index in [2.05, 4.69) is 15.1 Å². The lowest BCUT2D eigenvalue weighted by Crippen LogP contribution is -2.31. The van der Waals surface area contributed by atoms with Crippen molar-refractivity contribution in [1.29, 1.82) is 0 Å². The maximum atomic E-state index is 12.9.